The lowest BCUT2D eigenvalue weighted by atomic mass is 9.55. The molecular weight excluding hydrogens is 284 g/mol. The van der Waals surface area contributed by atoms with Gasteiger partial charge in [0.2, 0.25) is 0 Å². The van der Waals surface area contributed by atoms with Crippen LogP contribution < -0.4 is 0 Å². The van der Waals surface area contributed by atoms with E-state index in [1.807, 2.05) is 13.0 Å². The van der Waals surface area contributed by atoms with Gasteiger partial charge in [0.1, 0.15) is 5.75 Å². The highest BCUT2D eigenvalue weighted by Crippen LogP contribution is 2.61. The second kappa shape index (κ2) is 5.28. The van der Waals surface area contributed by atoms with E-state index in [0.717, 1.165) is 31.2 Å². The Labute approximate surface area is 138 Å². The largest absolute Gasteiger partial charge is 0.507 e. The molecule has 0 aromatic heterocycles. The molecule has 2 fully saturated rings. The van der Waals surface area contributed by atoms with Gasteiger partial charge in [-0.25, -0.2) is 0 Å². The SMILES string of the molecule is CC#Cc1cc2c(cc1O)CC[C@@H]1[C@@H]2CC[C@]2(C)[C@H](O)CC[C@@H]12. The predicted octanol–water partition coefficient (Wildman–Crippen LogP) is 3.98. The number of aliphatic hydroxyl groups is 1. The minimum Gasteiger partial charge on any atom is -0.507 e. The maximum Gasteiger partial charge on any atom is 0.131 e. The number of aryl methyl sites for hydroxylation is 1. The van der Waals surface area contributed by atoms with Crippen LogP contribution in [0.1, 0.15) is 68.6 Å². The van der Waals surface area contributed by atoms with E-state index in [0.29, 0.717) is 23.5 Å². The van der Waals surface area contributed by atoms with Crippen molar-refractivity contribution in [3.05, 3.63) is 28.8 Å². The van der Waals surface area contributed by atoms with E-state index in [2.05, 4.69) is 24.8 Å². The molecule has 0 radical (unpaired) electrons. The van der Waals surface area contributed by atoms with Gasteiger partial charge in [0.05, 0.1) is 11.7 Å². The molecule has 3 aliphatic carbocycles. The van der Waals surface area contributed by atoms with Crippen LogP contribution in [0.3, 0.4) is 0 Å². The fourth-order valence-electron chi connectivity index (χ4n) is 5.82. The Hall–Kier alpha value is -1.46. The van der Waals surface area contributed by atoms with Gasteiger partial charge in [0, 0.05) is 0 Å². The summed E-state index contributed by atoms with van der Waals surface area (Å²) in [5, 5.41) is 20.7. The fourth-order valence-corrected chi connectivity index (χ4v) is 5.82. The van der Waals surface area contributed by atoms with E-state index < -0.39 is 0 Å². The highest BCUT2D eigenvalue weighted by molar-refractivity contribution is 5.52. The third-order valence-electron chi connectivity index (χ3n) is 7.05. The quantitative estimate of drug-likeness (QED) is 0.712. The first kappa shape index (κ1) is 15.1. The van der Waals surface area contributed by atoms with Gasteiger partial charge in [0.25, 0.3) is 0 Å². The van der Waals surface area contributed by atoms with Crippen LogP contribution in [0.5, 0.6) is 5.75 Å². The van der Waals surface area contributed by atoms with Crippen molar-refractivity contribution in [3.8, 4) is 17.6 Å². The molecule has 3 aliphatic rings. The summed E-state index contributed by atoms with van der Waals surface area (Å²) in [7, 11) is 0. The average molecular weight is 310 g/mol. The summed E-state index contributed by atoms with van der Waals surface area (Å²) in [6.07, 6.45) is 6.56. The number of fused-ring (bicyclic) bond motifs is 5. The number of hydrogen-bond donors (Lipinski definition) is 2. The van der Waals surface area contributed by atoms with Gasteiger partial charge in [-0.05, 0) is 91.9 Å². The van der Waals surface area contributed by atoms with Gasteiger partial charge in [-0.15, -0.1) is 5.92 Å². The number of hydrogen-bond acceptors (Lipinski definition) is 2. The predicted molar refractivity (Wildman–Crippen MR) is 91.3 cm³/mol. The summed E-state index contributed by atoms with van der Waals surface area (Å²) in [6.45, 7) is 4.12. The first-order valence-corrected chi connectivity index (χ1v) is 9.01. The molecule has 5 atom stereocenters. The van der Waals surface area contributed by atoms with E-state index in [-0.39, 0.29) is 11.5 Å². The third kappa shape index (κ3) is 2.13. The number of benzene rings is 1. The molecule has 0 unspecified atom stereocenters. The summed E-state index contributed by atoms with van der Waals surface area (Å²) >= 11 is 0. The fraction of sp³-hybridized carbons (Fsp3) is 0.619. The zero-order chi connectivity index (χ0) is 16.2. The molecule has 0 spiro atoms. The zero-order valence-electron chi connectivity index (χ0n) is 14.1. The van der Waals surface area contributed by atoms with E-state index in [4.69, 9.17) is 0 Å². The van der Waals surface area contributed by atoms with Crippen molar-refractivity contribution < 1.29 is 10.2 Å². The molecule has 122 valence electrons. The maximum atomic E-state index is 10.5. The molecule has 0 saturated heterocycles. The Morgan fingerprint density at radius 1 is 1.17 bits per heavy atom. The van der Waals surface area contributed by atoms with Crippen molar-refractivity contribution in [2.75, 3.05) is 0 Å². The van der Waals surface area contributed by atoms with Gasteiger partial charge in [-0.1, -0.05) is 12.8 Å². The van der Waals surface area contributed by atoms with Crippen molar-refractivity contribution in [1.29, 1.82) is 0 Å². The highest BCUT2D eigenvalue weighted by atomic mass is 16.3. The van der Waals surface area contributed by atoms with Crippen molar-refractivity contribution in [1.82, 2.24) is 0 Å². The summed E-state index contributed by atoms with van der Waals surface area (Å²) in [4.78, 5) is 0. The molecule has 2 heteroatoms. The van der Waals surface area contributed by atoms with E-state index in [1.54, 1.807) is 0 Å². The molecule has 0 aliphatic heterocycles. The van der Waals surface area contributed by atoms with Crippen LogP contribution in [-0.2, 0) is 6.42 Å². The Bertz CT molecular complexity index is 696. The minimum absolute atomic E-state index is 0.115. The topological polar surface area (TPSA) is 40.5 Å². The van der Waals surface area contributed by atoms with Crippen LogP contribution in [0.25, 0.3) is 0 Å². The molecule has 4 rings (SSSR count). The molecule has 0 heterocycles. The number of rotatable bonds is 0. The third-order valence-corrected chi connectivity index (χ3v) is 7.05. The molecule has 0 bridgehead atoms. The van der Waals surface area contributed by atoms with E-state index in [9.17, 15) is 10.2 Å². The van der Waals surface area contributed by atoms with E-state index in [1.165, 1.54) is 24.0 Å². The number of phenolic OH excluding ortho intramolecular Hbond substituents is 1. The summed E-state index contributed by atoms with van der Waals surface area (Å²) in [5.74, 6) is 8.20. The summed E-state index contributed by atoms with van der Waals surface area (Å²) < 4.78 is 0. The normalized spacial score (nSPS) is 38.0. The molecule has 2 nitrogen and oxygen atoms in total. The van der Waals surface area contributed by atoms with Crippen LogP contribution in [0, 0.1) is 29.1 Å². The van der Waals surface area contributed by atoms with Gasteiger partial charge in [0.15, 0.2) is 0 Å². The standard InChI is InChI=1S/C21H26O2/c1-3-4-14-11-17-13(12-19(14)22)5-6-16-15(17)9-10-21(2)18(16)7-8-20(21)23/h11-12,15-16,18,20,22-23H,5-10H2,1-2H3/t15-,16+,18-,20+,21-/m0/s1. The van der Waals surface area contributed by atoms with Crippen molar-refractivity contribution >= 4 is 0 Å². The minimum atomic E-state index is -0.115. The van der Waals surface area contributed by atoms with E-state index >= 15 is 0 Å². The Morgan fingerprint density at radius 2 is 2.00 bits per heavy atom. The Kier molecular flexibility index (Phi) is 3.46. The maximum absolute atomic E-state index is 10.5. The van der Waals surface area contributed by atoms with Crippen LogP contribution in [-0.4, -0.2) is 16.3 Å². The second-order valence-electron chi connectivity index (χ2n) is 8.00. The first-order valence-electron chi connectivity index (χ1n) is 9.01. The van der Waals surface area contributed by atoms with Gasteiger partial charge >= 0.3 is 0 Å². The monoisotopic (exact) mass is 310 g/mol. The lowest BCUT2D eigenvalue weighted by Crippen LogP contribution is -2.43. The summed E-state index contributed by atoms with van der Waals surface area (Å²) in [5.41, 5.74) is 3.63. The highest BCUT2D eigenvalue weighted by Gasteiger charge is 2.54. The Balaban J connectivity index is 1.74. The molecule has 23 heavy (non-hydrogen) atoms. The molecule has 1 aromatic rings. The first-order chi connectivity index (χ1) is 11.0. The van der Waals surface area contributed by atoms with Crippen molar-refractivity contribution in [2.45, 2.75) is 64.4 Å². The average Bonchev–Trinajstić information content (AvgIpc) is 2.84. The number of phenols is 1. The molecule has 2 N–H and O–H groups in total. The smallest absolute Gasteiger partial charge is 0.131 e. The summed E-state index contributed by atoms with van der Waals surface area (Å²) in [6, 6.07) is 4.09. The molecule has 1 aromatic carbocycles. The second-order valence-corrected chi connectivity index (χ2v) is 8.00. The lowest BCUT2D eigenvalue weighted by Gasteiger charge is -2.50. The van der Waals surface area contributed by atoms with Crippen LogP contribution in [0.2, 0.25) is 0 Å². The lowest BCUT2D eigenvalue weighted by molar-refractivity contribution is -0.0226. The van der Waals surface area contributed by atoms with Gasteiger partial charge in [-0.3, -0.25) is 0 Å². The van der Waals surface area contributed by atoms with Crippen LogP contribution in [0.4, 0.5) is 0 Å². The van der Waals surface area contributed by atoms with Gasteiger partial charge in [-0.2, -0.15) is 0 Å². The Morgan fingerprint density at radius 3 is 2.78 bits per heavy atom. The molecule has 0 amide bonds. The van der Waals surface area contributed by atoms with Crippen LogP contribution in [0.15, 0.2) is 12.1 Å². The van der Waals surface area contributed by atoms with Crippen molar-refractivity contribution in [2.24, 2.45) is 17.3 Å². The molecular formula is C21H26O2. The molecule has 2 saturated carbocycles. The number of aliphatic hydroxyl groups excluding tert-OH is 1. The number of aromatic hydroxyl groups is 1. The zero-order valence-corrected chi connectivity index (χ0v) is 14.1. The van der Waals surface area contributed by atoms with Crippen molar-refractivity contribution in [3.63, 3.8) is 0 Å². The van der Waals surface area contributed by atoms with Gasteiger partial charge < -0.3 is 10.2 Å². The van der Waals surface area contributed by atoms with Crippen LogP contribution >= 0.6 is 0 Å².